The molecule has 0 saturated heterocycles. The van der Waals surface area contributed by atoms with Crippen molar-refractivity contribution in [3.63, 3.8) is 0 Å². The lowest BCUT2D eigenvalue weighted by molar-refractivity contribution is -0.383. The van der Waals surface area contributed by atoms with Crippen LogP contribution in [0.25, 0.3) is 0 Å². The highest BCUT2D eigenvalue weighted by Gasteiger charge is 2.37. The summed E-state index contributed by atoms with van der Waals surface area (Å²) in [5.74, 6) is -0.331. The van der Waals surface area contributed by atoms with Crippen molar-refractivity contribution < 1.29 is 9.72 Å². The maximum atomic E-state index is 12.2. The zero-order valence-corrected chi connectivity index (χ0v) is 10.8. The highest BCUT2D eigenvalue weighted by Crippen LogP contribution is 2.35. The molecule has 102 valence electrons. The number of nitrogens with zero attached hydrogens (tertiary/aromatic N) is 1. The number of benzene rings is 1. The average Bonchev–Trinajstić information content (AvgIpc) is 2.33. The molecule has 0 radical (unpaired) electrons. The molecule has 1 aliphatic rings. The Bertz CT molecular complexity index is 518. The smallest absolute Gasteiger partial charge is 0.292 e. The predicted molar refractivity (Wildman–Crippen MR) is 71.8 cm³/mol. The maximum absolute atomic E-state index is 12.2. The highest BCUT2D eigenvalue weighted by atomic mass is 16.6. The van der Waals surface area contributed by atoms with E-state index in [1.165, 1.54) is 18.2 Å². The molecule has 0 heterocycles. The second kappa shape index (κ2) is 4.87. The van der Waals surface area contributed by atoms with Crippen molar-refractivity contribution in [1.29, 1.82) is 0 Å². The Balaban J connectivity index is 2.24. The second-order valence-electron chi connectivity index (χ2n) is 4.94. The van der Waals surface area contributed by atoms with Crippen LogP contribution in [0, 0.1) is 10.1 Å². The molecule has 0 spiro atoms. The molecular formula is C13H17N3O3. The Labute approximate surface area is 111 Å². The number of hydrogen-bond acceptors (Lipinski definition) is 4. The van der Waals surface area contributed by atoms with Crippen molar-refractivity contribution in [2.75, 3.05) is 5.73 Å². The number of carbonyl (C=O) groups excluding carboxylic acids is 1. The van der Waals surface area contributed by atoms with E-state index in [2.05, 4.69) is 5.32 Å². The molecule has 0 aromatic heterocycles. The van der Waals surface area contributed by atoms with Gasteiger partial charge in [0, 0.05) is 11.6 Å². The molecule has 19 heavy (non-hydrogen) atoms. The van der Waals surface area contributed by atoms with E-state index >= 15 is 0 Å². The van der Waals surface area contributed by atoms with Gasteiger partial charge in [0.1, 0.15) is 5.69 Å². The number of nitrogen functional groups attached to an aromatic ring is 1. The van der Waals surface area contributed by atoms with Crippen LogP contribution in [0.5, 0.6) is 0 Å². The number of hydrogen-bond donors (Lipinski definition) is 2. The summed E-state index contributed by atoms with van der Waals surface area (Å²) in [7, 11) is 0. The van der Waals surface area contributed by atoms with E-state index < -0.39 is 4.92 Å². The first kappa shape index (κ1) is 13.3. The molecule has 6 nitrogen and oxygen atoms in total. The number of anilines is 1. The molecule has 0 bridgehead atoms. The summed E-state index contributed by atoms with van der Waals surface area (Å²) in [5, 5.41) is 13.8. The van der Waals surface area contributed by atoms with Crippen LogP contribution in [-0.2, 0) is 0 Å². The Morgan fingerprint density at radius 3 is 2.68 bits per heavy atom. The van der Waals surface area contributed by atoms with Crippen molar-refractivity contribution in [3.8, 4) is 0 Å². The van der Waals surface area contributed by atoms with E-state index in [1.54, 1.807) is 0 Å². The molecule has 2 rings (SSSR count). The summed E-state index contributed by atoms with van der Waals surface area (Å²) in [5.41, 5.74) is 5.42. The van der Waals surface area contributed by atoms with Crippen molar-refractivity contribution in [2.45, 2.75) is 38.1 Å². The van der Waals surface area contributed by atoms with Crippen LogP contribution < -0.4 is 11.1 Å². The van der Waals surface area contributed by atoms with Crippen LogP contribution in [0.2, 0.25) is 0 Å². The van der Waals surface area contributed by atoms with E-state index in [4.69, 9.17) is 5.73 Å². The summed E-state index contributed by atoms with van der Waals surface area (Å²) in [4.78, 5) is 22.4. The standard InChI is InChI=1S/C13H17N3O3/c1-2-13(7-4-8-13)15-12(17)9-5-3-6-10(11(9)14)16(18)19/h3,5-6H,2,4,7-8,14H2,1H3,(H,15,17). The van der Waals surface area contributed by atoms with Gasteiger partial charge in [0.2, 0.25) is 0 Å². The summed E-state index contributed by atoms with van der Waals surface area (Å²) in [6, 6.07) is 4.29. The van der Waals surface area contributed by atoms with Crippen LogP contribution in [-0.4, -0.2) is 16.4 Å². The molecular weight excluding hydrogens is 246 g/mol. The third kappa shape index (κ3) is 2.38. The molecule has 1 aromatic carbocycles. The van der Waals surface area contributed by atoms with Crippen molar-refractivity contribution in [1.82, 2.24) is 5.32 Å². The lowest BCUT2D eigenvalue weighted by atomic mass is 9.74. The normalized spacial score (nSPS) is 16.5. The topological polar surface area (TPSA) is 98.3 Å². The maximum Gasteiger partial charge on any atom is 0.292 e. The Hall–Kier alpha value is -2.11. The van der Waals surface area contributed by atoms with E-state index in [1.807, 2.05) is 6.92 Å². The minimum Gasteiger partial charge on any atom is -0.393 e. The molecule has 1 aliphatic carbocycles. The number of nitrogens with one attached hydrogen (secondary N) is 1. The third-order valence-electron chi connectivity index (χ3n) is 3.89. The van der Waals surface area contributed by atoms with Crippen LogP contribution in [0.4, 0.5) is 11.4 Å². The fraction of sp³-hybridized carbons (Fsp3) is 0.462. The molecule has 1 amide bonds. The fourth-order valence-electron chi connectivity index (χ4n) is 2.39. The Kier molecular flexibility index (Phi) is 3.42. The van der Waals surface area contributed by atoms with E-state index in [-0.39, 0.29) is 28.4 Å². The molecule has 1 fully saturated rings. The predicted octanol–water partition coefficient (Wildman–Crippen LogP) is 2.24. The van der Waals surface area contributed by atoms with Gasteiger partial charge in [-0.2, -0.15) is 0 Å². The second-order valence-corrected chi connectivity index (χ2v) is 4.94. The van der Waals surface area contributed by atoms with E-state index in [0.717, 1.165) is 25.7 Å². The fourth-order valence-corrected chi connectivity index (χ4v) is 2.39. The van der Waals surface area contributed by atoms with Gasteiger partial charge >= 0.3 is 0 Å². The minimum absolute atomic E-state index is 0.0735. The molecule has 3 N–H and O–H groups in total. The molecule has 0 unspecified atom stereocenters. The summed E-state index contributed by atoms with van der Waals surface area (Å²) in [6.07, 6.45) is 3.85. The number of amides is 1. The number of para-hydroxylation sites is 1. The largest absolute Gasteiger partial charge is 0.393 e. The van der Waals surface area contributed by atoms with E-state index in [9.17, 15) is 14.9 Å². The zero-order valence-electron chi connectivity index (χ0n) is 10.8. The third-order valence-corrected chi connectivity index (χ3v) is 3.89. The number of rotatable bonds is 4. The van der Waals surface area contributed by atoms with Gasteiger partial charge in [0.15, 0.2) is 0 Å². The van der Waals surface area contributed by atoms with Gasteiger partial charge < -0.3 is 11.1 Å². The Morgan fingerprint density at radius 1 is 1.53 bits per heavy atom. The van der Waals surface area contributed by atoms with Gasteiger partial charge in [-0.05, 0) is 31.7 Å². The van der Waals surface area contributed by atoms with Crippen LogP contribution in [0.3, 0.4) is 0 Å². The first-order valence-corrected chi connectivity index (χ1v) is 6.34. The molecule has 1 saturated carbocycles. The van der Waals surface area contributed by atoms with Crippen molar-refractivity contribution in [2.24, 2.45) is 0 Å². The monoisotopic (exact) mass is 263 g/mol. The van der Waals surface area contributed by atoms with E-state index in [0.29, 0.717) is 0 Å². The molecule has 1 aromatic rings. The van der Waals surface area contributed by atoms with Gasteiger partial charge in [-0.15, -0.1) is 0 Å². The summed E-state index contributed by atoms with van der Waals surface area (Å²) < 4.78 is 0. The average molecular weight is 263 g/mol. The number of nitrogens with two attached hydrogens (primary N) is 1. The van der Waals surface area contributed by atoms with Crippen molar-refractivity contribution in [3.05, 3.63) is 33.9 Å². The zero-order chi connectivity index (χ0) is 14.0. The van der Waals surface area contributed by atoms with Gasteiger partial charge in [-0.3, -0.25) is 14.9 Å². The lowest BCUT2D eigenvalue weighted by Gasteiger charge is -2.42. The Morgan fingerprint density at radius 2 is 2.21 bits per heavy atom. The van der Waals surface area contributed by atoms with Gasteiger partial charge in [-0.25, -0.2) is 0 Å². The van der Waals surface area contributed by atoms with Crippen LogP contribution in [0.1, 0.15) is 43.0 Å². The summed E-state index contributed by atoms with van der Waals surface area (Å²) >= 11 is 0. The first-order valence-electron chi connectivity index (χ1n) is 6.34. The molecule has 0 aliphatic heterocycles. The SMILES string of the molecule is CCC1(NC(=O)c2cccc([N+](=O)[O-])c2N)CCC1. The summed E-state index contributed by atoms with van der Waals surface area (Å²) in [6.45, 7) is 2.02. The number of nitro groups is 1. The minimum atomic E-state index is -0.578. The molecule has 6 heteroatoms. The van der Waals surface area contributed by atoms with Gasteiger partial charge in [-0.1, -0.05) is 13.0 Å². The number of carbonyl (C=O) groups is 1. The van der Waals surface area contributed by atoms with Crippen molar-refractivity contribution >= 4 is 17.3 Å². The van der Waals surface area contributed by atoms with Crippen LogP contribution in [0.15, 0.2) is 18.2 Å². The van der Waals surface area contributed by atoms with Gasteiger partial charge in [0.05, 0.1) is 10.5 Å². The van der Waals surface area contributed by atoms with Crippen LogP contribution >= 0.6 is 0 Å². The lowest BCUT2D eigenvalue weighted by Crippen LogP contribution is -2.53. The first-order chi connectivity index (χ1) is 8.99. The molecule has 0 atom stereocenters. The highest BCUT2D eigenvalue weighted by molar-refractivity contribution is 6.01. The quantitative estimate of drug-likeness (QED) is 0.494. The van der Waals surface area contributed by atoms with Gasteiger partial charge in [0.25, 0.3) is 11.6 Å². The number of nitro benzene ring substituents is 1.